The lowest BCUT2D eigenvalue weighted by atomic mass is 10.1. The summed E-state index contributed by atoms with van der Waals surface area (Å²) in [6.45, 7) is 6.19. The fourth-order valence-corrected chi connectivity index (χ4v) is 4.89. The summed E-state index contributed by atoms with van der Waals surface area (Å²) >= 11 is 0. The van der Waals surface area contributed by atoms with Crippen molar-refractivity contribution in [2.45, 2.75) is 58.3 Å². The summed E-state index contributed by atoms with van der Waals surface area (Å²) in [7, 11) is -3.49. The molecule has 2 saturated heterocycles. The van der Waals surface area contributed by atoms with Gasteiger partial charge in [0.15, 0.2) is 0 Å². The maximum absolute atomic E-state index is 12.4. The van der Waals surface area contributed by atoms with Gasteiger partial charge in [-0.15, -0.1) is 0 Å². The van der Waals surface area contributed by atoms with Crippen LogP contribution in [-0.4, -0.2) is 47.7 Å². The van der Waals surface area contributed by atoms with Crippen LogP contribution in [0, 0.1) is 0 Å². The van der Waals surface area contributed by atoms with Crippen molar-refractivity contribution in [1.82, 2.24) is 19.2 Å². The second kappa shape index (κ2) is 7.21. The van der Waals surface area contributed by atoms with Crippen molar-refractivity contribution in [2.75, 3.05) is 6.54 Å². The highest BCUT2D eigenvalue weighted by Gasteiger charge is 2.44. The van der Waals surface area contributed by atoms with Crippen molar-refractivity contribution in [2.24, 2.45) is 0 Å². The number of nitrogens with zero attached hydrogens (tertiary/aromatic N) is 2. The molecule has 3 amide bonds. The van der Waals surface area contributed by atoms with Gasteiger partial charge < -0.3 is 5.32 Å². The van der Waals surface area contributed by atoms with Gasteiger partial charge in [0.2, 0.25) is 0 Å². The van der Waals surface area contributed by atoms with Crippen LogP contribution in [0.4, 0.5) is 4.79 Å². The molecule has 27 heavy (non-hydrogen) atoms. The summed E-state index contributed by atoms with van der Waals surface area (Å²) in [4.78, 5) is 25.4. The third-order valence-corrected chi connectivity index (χ3v) is 6.74. The van der Waals surface area contributed by atoms with E-state index in [1.54, 1.807) is 38.1 Å². The summed E-state index contributed by atoms with van der Waals surface area (Å²) in [5.74, 6) is -0.260. The second-order valence-corrected chi connectivity index (χ2v) is 9.40. The van der Waals surface area contributed by atoms with Crippen LogP contribution in [0.5, 0.6) is 0 Å². The first-order valence-electron chi connectivity index (χ1n) is 9.08. The van der Waals surface area contributed by atoms with Crippen LogP contribution in [-0.2, 0) is 28.1 Å². The molecule has 3 rings (SSSR count). The van der Waals surface area contributed by atoms with E-state index in [0.29, 0.717) is 6.54 Å². The van der Waals surface area contributed by atoms with E-state index in [-0.39, 0.29) is 25.0 Å². The van der Waals surface area contributed by atoms with E-state index in [4.69, 9.17) is 0 Å². The molecule has 1 aromatic carbocycles. The predicted octanol–water partition coefficient (Wildman–Crippen LogP) is 1.34. The Bertz CT molecular complexity index is 835. The van der Waals surface area contributed by atoms with Crippen LogP contribution >= 0.6 is 0 Å². The topological polar surface area (TPSA) is 98.8 Å². The average Bonchev–Trinajstić information content (AvgIpc) is 3.11. The van der Waals surface area contributed by atoms with E-state index in [2.05, 4.69) is 10.0 Å². The predicted molar refractivity (Wildman–Crippen MR) is 101 cm³/mol. The molecular weight excluding hydrogens is 368 g/mol. The van der Waals surface area contributed by atoms with Crippen molar-refractivity contribution in [3.8, 4) is 0 Å². The monoisotopic (exact) mass is 394 g/mol. The Morgan fingerprint density at radius 3 is 2.33 bits per heavy atom. The highest BCUT2D eigenvalue weighted by atomic mass is 32.2. The van der Waals surface area contributed by atoms with Gasteiger partial charge in [0.05, 0.1) is 6.54 Å². The number of nitrogens with one attached hydrogen (secondary N) is 2. The maximum atomic E-state index is 12.4. The first-order chi connectivity index (χ1) is 12.6. The quantitative estimate of drug-likeness (QED) is 0.711. The Balaban J connectivity index is 1.59. The second-order valence-electron chi connectivity index (χ2n) is 7.69. The lowest BCUT2D eigenvalue weighted by Gasteiger charge is -2.21. The number of hydrogen-bond donors (Lipinski definition) is 2. The van der Waals surface area contributed by atoms with Crippen LogP contribution in [0.25, 0.3) is 0 Å². The standard InChI is InChI=1S/C18H26N4O4S/c1-13-5-4-10-22(13)27(25,26)19-11-14-6-8-15(9-7-14)12-21-16(23)18(2,3)20-17(21)24/h6-9,13,19H,4-5,10-12H2,1-3H3,(H,20,24)/t13-/m0/s1. The van der Waals surface area contributed by atoms with E-state index < -0.39 is 21.8 Å². The summed E-state index contributed by atoms with van der Waals surface area (Å²) < 4.78 is 28.9. The van der Waals surface area contributed by atoms with Crippen LogP contribution < -0.4 is 10.0 Å². The molecule has 0 unspecified atom stereocenters. The van der Waals surface area contributed by atoms with Gasteiger partial charge in [0, 0.05) is 19.1 Å². The van der Waals surface area contributed by atoms with Gasteiger partial charge in [-0.25, -0.2) is 4.79 Å². The Hall–Kier alpha value is -1.97. The third-order valence-electron chi connectivity index (χ3n) is 5.07. The normalized spacial score (nSPS) is 23.1. The molecule has 0 radical (unpaired) electrons. The number of carbonyl (C=O) groups excluding carboxylic acids is 2. The van der Waals surface area contributed by atoms with Gasteiger partial charge in [0.25, 0.3) is 16.1 Å². The first kappa shape index (κ1) is 19.8. The lowest BCUT2D eigenvalue weighted by molar-refractivity contribution is -0.130. The fourth-order valence-electron chi connectivity index (χ4n) is 3.43. The summed E-state index contributed by atoms with van der Waals surface area (Å²) in [5.41, 5.74) is 0.727. The van der Waals surface area contributed by atoms with E-state index in [9.17, 15) is 18.0 Å². The largest absolute Gasteiger partial charge is 0.325 e. The zero-order valence-corrected chi connectivity index (χ0v) is 16.7. The molecule has 1 atom stereocenters. The Morgan fingerprint density at radius 2 is 1.81 bits per heavy atom. The number of benzene rings is 1. The molecule has 2 aliphatic heterocycles. The smallest absolute Gasteiger partial charge is 0.324 e. The molecular formula is C18H26N4O4S. The molecule has 2 aliphatic rings. The molecule has 2 N–H and O–H groups in total. The first-order valence-corrected chi connectivity index (χ1v) is 10.5. The van der Waals surface area contributed by atoms with Crippen molar-refractivity contribution >= 4 is 22.1 Å². The molecule has 8 nitrogen and oxygen atoms in total. The van der Waals surface area contributed by atoms with E-state index >= 15 is 0 Å². The Labute approximate surface area is 160 Å². The number of amides is 3. The molecule has 0 saturated carbocycles. The lowest BCUT2D eigenvalue weighted by Crippen LogP contribution is -2.42. The molecule has 148 valence electrons. The Kier molecular flexibility index (Phi) is 5.29. The highest BCUT2D eigenvalue weighted by Crippen LogP contribution is 2.21. The summed E-state index contributed by atoms with van der Waals surface area (Å²) in [5, 5.41) is 2.65. The van der Waals surface area contributed by atoms with E-state index in [1.807, 2.05) is 6.92 Å². The van der Waals surface area contributed by atoms with Gasteiger partial charge >= 0.3 is 6.03 Å². The minimum absolute atomic E-state index is 0.0262. The van der Waals surface area contributed by atoms with Crippen LogP contribution in [0.1, 0.15) is 44.7 Å². The van der Waals surface area contributed by atoms with Gasteiger partial charge in [-0.05, 0) is 44.7 Å². The Morgan fingerprint density at radius 1 is 1.19 bits per heavy atom. The van der Waals surface area contributed by atoms with Crippen molar-refractivity contribution in [3.05, 3.63) is 35.4 Å². The molecule has 1 aromatic rings. The number of carbonyl (C=O) groups is 2. The maximum Gasteiger partial charge on any atom is 0.325 e. The van der Waals surface area contributed by atoms with Crippen molar-refractivity contribution in [3.63, 3.8) is 0 Å². The van der Waals surface area contributed by atoms with E-state index in [1.165, 1.54) is 9.21 Å². The fraction of sp³-hybridized carbons (Fsp3) is 0.556. The van der Waals surface area contributed by atoms with Gasteiger partial charge in [-0.1, -0.05) is 24.3 Å². The minimum atomic E-state index is -3.49. The van der Waals surface area contributed by atoms with Gasteiger partial charge in [-0.3, -0.25) is 9.69 Å². The SMILES string of the molecule is C[C@H]1CCCN1S(=O)(=O)NCc1ccc(CN2C(=O)NC(C)(C)C2=O)cc1. The third kappa shape index (κ3) is 4.15. The summed E-state index contributed by atoms with van der Waals surface area (Å²) in [6, 6.07) is 6.82. The molecule has 0 spiro atoms. The molecule has 2 fully saturated rings. The molecule has 0 aliphatic carbocycles. The van der Waals surface area contributed by atoms with Crippen LogP contribution in [0.15, 0.2) is 24.3 Å². The molecule has 9 heteroatoms. The van der Waals surface area contributed by atoms with Gasteiger partial charge in [-0.2, -0.15) is 17.4 Å². The average molecular weight is 394 g/mol. The zero-order chi connectivity index (χ0) is 19.8. The summed E-state index contributed by atoms with van der Waals surface area (Å²) in [6.07, 6.45) is 1.77. The molecule has 0 aromatic heterocycles. The number of urea groups is 1. The van der Waals surface area contributed by atoms with Crippen molar-refractivity contribution in [1.29, 1.82) is 0 Å². The zero-order valence-electron chi connectivity index (χ0n) is 15.9. The molecule has 0 bridgehead atoms. The van der Waals surface area contributed by atoms with Crippen molar-refractivity contribution < 1.29 is 18.0 Å². The minimum Gasteiger partial charge on any atom is -0.324 e. The van der Waals surface area contributed by atoms with Crippen LogP contribution in [0.2, 0.25) is 0 Å². The number of rotatable bonds is 6. The van der Waals surface area contributed by atoms with E-state index in [0.717, 1.165) is 24.0 Å². The number of hydrogen-bond acceptors (Lipinski definition) is 4. The highest BCUT2D eigenvalue weighted by molar-refractivity contribution is 7.87. The molecule has 2 heterocycles. The number of imide groups is 1. The van der Waals surface area contributed by atoms with Gasteiger partial charge in [0.1, 0.15) is 5.54 Å². The van der Waals surface area contributed by atoms with Crippen LogP contribution in [0.3, 0.4) is 0 Å².